The largest absolute Gasteiger partial charge is 0.497 e. The molecule has 47 heavy (non-hydrogen) atoms. The lowest BCUT2D eigenvalue weighted by molar-refractivity contribution is -0.140. The van der Waals surface area contributed by atoms with Gasteiger partial charge in [0.25, 0.3) is 0 Å². The molecule has 4 fully saturated rings. The second kappa shape index (κ2) is 13.7. The zero-order valence-electron chi connectivity index (χ0n) is 27.7. The molecule has 8 nitrogen and oxygen atoms in total. The smallest absolute Gasteiger partial charge is 0.244 e. The third-order valence-electron chi connectivity index (χ3n) is 10.6. The number of sulfonamides is 1. The lowest BCUT2D eigenvalue weighted by atomic mass is 9.48. The summed E-state index contributed by atoms with van der Waals surface area (Å²) in [4.78, 5) is 29.5. The summed E-state index contributed by atoms with van der Waals surface area (Å²) in [6.45, 7) is 1.92. The Kier molecular flexibility index (Phi) is 9.65. The van der Waals surface area contributed by atoms with Crippen molar-refractivity contribution in [2.75, 3.05) is 30.8 Å². The fraction of sp³-hybridized carbons (Fsp3) is 0.474. The van der Waals surface area contributed by atoms with E-state index in [9.17, 15) is 18.0 Å². The lowest BCUT2D eigenvalue weighted by Crippen LogP contribution is -2.53. The van der Waals surface area contributed by atoms with Gasteiger partial charge in [0, 0.05) is 19.5 Å². The Morgan fingerprint density at radius 3 is 2.09 bits per heavy atom. The molecule has 250 valence electrons. The molecule has 3 aromatic carbocycles. The molecule has 4 aliphatic carbocycles. The van der Waals surface area contributed by atoms with Crippen molar-refractivity contribution in [3.63, 3.8) is 0 Å². The minimum Gasteiger partial charge on any atom is -0.497 e. The van der Waals surface area contributed by atoms with Crippen LogP contribution >= 0.6 is 0 Å². The van der Waals surface area contributed by atoms with Crippen LogP contribution in [0.4, 0.5) is 5.69 Å². The standard InChI is InChI=1S/C38H47N3O5S/c1-4-39-37(43)35(21-27-9-6-5-7-10-27)40(25-28-11-8-12-34(20-28)46-2)36(42)26-41(47(3,44)45)33-15-13-32(14-16-33)38-22-29-17-30(23-38)19-31(18-29)24-38/h5-16,20,29-31,35H,4,17-19,21-26H2,1-3H3,(H,39,43). The minimum absolute atomic E-state index is 0.104. The summed E-state index contributed by atoms with van der Waals surface area (Å²) >= 11 is 0. The third-order valence-corrected chi connectivity index (χ3v) is 11.7. The van der Waals surface area contributed by atoms with Crippen LogP contribution in [0.3, 0.4) is 0 Å². The molecule has 0 heterocycles. The first-order valence-corrected chi connectivity index (χ1v) is 18.7. The molecular weight excluding hydrogens is 611 g/mol. The predicted octanol–water partition coefficient (Wildman–Crippen LogP) is 5.71. The summed E-state index contributed by atoms with van der Waals surface area (Å²) in [7, 11) is -2.26. The van der Waals surface area contributed by atoms with E-state index in [1.807, 2.05) is 73.7 Å². The van der Waals surface area contributed by atoms with Crippen molar-refractivity contribution in [2.24, 2.45) is 17.8 Å². The first-order chi connectivity index (χ1) is 22.6. The van der Waals surface area contributed by atoms with Gasteiger partial charge in [0.2, 0.25) is 21.8 Å². The van der Waals surface area contributed by atoms with Gasteiger partial charge in [0.15, 0.2) is 0 Å². The van der Waals surface area contributed by atoms with Gasteiger partial charge in [0.05, 0.1) is 19.1 Å². The van der Waals surface area contributed by atoms with Crippen LogP contribution in [0, 0.1) is 17.8 Å². The summed E-state index contributed by atoms with van der Waals surface area (Å²) in [5.41, 5.74) is 3.59. The topological polar surface area (TPSA) is 96.0 Å². The number of hydrogen-bond acceptors (Lipinski definition) is 5. The van der Waals surface area contributed by atoms with Gasteiger partial charge in [0.1, 0.15) is 18.3 Å². The third kappa shape index (κ3) is 7.35. The molecule has 4 saturated carbocycles. The summed E-state index contributed by atoms with van der Waals surface area (Å²) in [5.74, 6) is 2.28. The van der Waals surface area contributed by atoms with Gasteiger partial charge in [-0.2, -0.15) is 0 Å². The first kappa shape index (κ1) is 33.1. The summed E-state index contributed by atoms with van der Waals surface area (Å²) in [5, 5.41) is 2.90. The number of likely N-dealkylation sites (N-methyl/N-ethyl adjacent to an activating group) is 1. The van der Waals surface area contributed by atoms with Crippen LogP contribution in [0.2, 0.25) is 0 Å². The summed E-state index contributed by atoms with van der Waals surface area (Å²) in [6, 6.07) is 23.9. The molecule has 4 bridgehead atoms. The molecule has 0 spiro atoms. The van der Waals surface area contributed by atoms with E-state index in [0.29, 0.717) is 18.0 Å². The maximum Gasteiger partial charge on any atom is 0.244 e. The SMILES string of the molecule is CCNC(=O)C(Cc1ccccc1)N(Cc1cccc(OC)c1)C(=O)CN(c1ccc(C23CC4CC(CC(C4)C2)C3)cc1)S(C)(=O)=O. The summed E-state index contributed by atoms with van der Waals surface area (Å²) < 4.78 is 33.2. The quantitative estimate of drug-likeness (QED) is 0.254. The van der Waals surface area contributed by atoms with E-state index in [0.717, 1.165) is 35.1 Å². The van der Waals surface area contributed by atoms with Crippen molar-refractivity contribution >= 4 is 27.5 Å². The lowest BCUT2D eigenvalue weighted by Gasteiger charge is -2.57. The van der Waals surface area contributed by atoms with Crippen molar-refractivity contribution in [1.29, 1.82) is 0 Å². The number of hydrogen-bond donors (Lipinski definition) is 1. The fourth-order valence-corrected chi connectivity index (χ4v) is 9.72. The molecule has 0 aliphatic heterocycles. The Hall–Kier alpha value is -3.85. The molecule has 0 radical (unpaired) electrons. The highest BCUT2D eigenvalue weighted by Crippen LogP contribution is 2.60. The Bertz CT molecular complexity index is 1640. The second-order valence-electron chi connectivity index (χ2n) is 14.0. The van der Waals surface area contributed by atoms with E-state index in [1.165, 1.54) is 53.3 Å². The van der Waals surface area contributed by atoms with E-state index in [4.69, 9.17) is 4.74 Å². The average Bonchev–Trinajstić information content (AvgIpc) is 3.05. The maximum absolute atomic E-state index is 14.4. The van der Waals surface area contributed by atoms with Crippen molar-refractivity contribution in [2.45, 2.75) is 69.9 Å². The molecular formula is C38H47N3O5S. The zero-order chi connectivity index (χ0) is 33.2. The van der Waals surface area contributed by atoms with Gasteiger partial charge < -0.3 is 15.0 Å². The van der Waals surface area contributed by atoms with E-state index in [-0.39, 0.29) is 24.3 Å². The molecule has 1 N–H and O–H groups in total. The number of anilines is 1. The number of methoxy groups -OCH3 is 1. The first-order valence-electron chi connectivity index (χ1n) is 16.9. The molecule has 7 rings (SSSR count). The van der Waals surface area contributed by atoms with Crippen LogP contribution in [-0.2, 0) is 38.0 Å². The van der Waals surface area contributed by atoms with Crippen molar-refractivity contribution < 1.29 is 22.7 Å². The molecule has 3 aromatic rings. The second-order valence-corrected chi connectivity index (χ2v) is 15.9. The van der Waals surface area contributed by atoms with Crippen LogP contribution < -0.4 is 14.4 Å². The van der Waals surface area contributed by atoms with Crippen LogP contribution in [0.5, 0.6) is 5.75 Å². The normalized spacial score (nSPS) is 23.6. The Morgan fingerprint density at radius 2 is 1.51 bits per heavy atom. The molecule has 1 unspecified atom stereocenters. The molecule has 4 aliphatic rings. The number of rotatable bonds is 13. The molecule has 0 saturated heterocycles. The van der Waals surface area contributed by atoms with Gasteiger partial charge in [-0.3, -0.25) is 13.9 Å². The summed E-state index contributed by atoms with van der Waals surface area (Å²) in [6.07, 6.45) is 9.13. The average molecular weight is 658 g/mol. The monoisotopic (exact) mass is 657 g/mol. The number of benzene rings is 3. The van der Waals surface area contributed by atoms with Crippen LogP contribution in [0.15, 0.2) is 78.9 Å². The number of nitrogens with zero attached hydrogens (tertiary/aromatic N) is 2. The number of ether oxygens (including phenoxy) is 1. The molecule has 1 atom stereocenters. The Labute approximate surface area is 279 Å². The zero-order valence-corrected chi connectivity index (χ0v) is 28.5. The minimum atomic E-state index is -3.84. The van der Waals surface area contributed by atoms with Gasteiger partial charge in [-0.25, -0.2) is 8.42 Å². The number of amides is 2. The number of carbonyl (C=O) groups excluding carboxylic acids is 2. The fourth-order valence-electron chi connectivity index (χ4n) is 8.87. The van der Waals surface area contributed by atoms with E-state index in [1.54, 1.807) is 7.11 Å². The van der Waals surface area contributed by atoms with Gasteiger partial charge in [-0.05, 0) is 110 Å². The molecule has 0 aromatic heterocycles. The van der Waals surface area contributed by atoms with Crippen molar-refractivity contribution in [3.8, 4) is 5.75 Å². The van der Waals surface area contributed by atoms with E-state index >= 15 is 0 Å². The van der Waals surface area contributed by atoms with Crippen molar-refractivity contribution in [3.05, 3.63) is 95.6 Å². The maximum atomic E-state index is 14.4. The number of nitrogens with one attached hydrogen (secondary N) is 1. The van der Waals surface area contributed by atoms with Crippen LogP contribution in [0.25, 0.3) is 0 Å². The number of carbonyl (C=O) groups is 2. The Balaban J connectivity index is 1.30. The van der Waals surface area contributed by atoms with Gasteiger partial charge in [-0.1, -0.05) is 54.6 Å². The van der Waals surface area contributed by atoms with Crippen LogP contribution in [0.1, 0.15) is 62.1 Å². The Morgan fingerprint density at radius 1 is 0.894 bits per heavy atom. The highest BCUT2D eigenvalue weighted by Gasteiger charge is 2.51. The molecule has 2 amide bonds. The van der Waals surface area contributed by atoms with Gasteiger partial charge >= 0.3 is 0 Å². The van der Waals surface area contributed by atoms with E-state index < -0.39 is 28.5 Å². The van der Waals surface area contributed by atoms with Crippen molar-refractivity contribution in [1.82, 2.24) is 10.2 Å². The van der Waals surface area contributed by atoms with Crippen LogP contribution in [-0.4, -0.2) is 57.6 Å². The molecule has 9 heteroatoms. The van der Waals surface area contributed by atoms with E-state index in [2.05, 4.69) is 17.4 Å². The highest BCUT2D eigenvalue weighted by molar-refractivity contribution is 7.92. The highest BCUT2D eigenvalue weighted by atomic mass is 32.2. The van der Waals surface area contributed by atoms with Gasteiger partial charge in [-0.15, -0.1) is 0 Å². The predicted molar refractivity (Wildman–Crippen MR) is 185 cm³/mol.